The molecule has 0 fully saturated rings. The van der Waals surface area contributed by atoms with E-state index in [0.717, 1.165) is 5.69 Å². The van der Waals surface area contributed by atoms with Gasteiger partial charge in [-0.1, -0.05) is 18.2 Å². The molecule has 0 aliphatic carbocycles. The molecule has 0 aliphatic heterocycles. The number of carbonyl (C=O) groups is 2. The predicted octanol–water partition coefficient (Wildman–Crippen LogP) is 2.01. The highest BCUT2D eigenvalue weighted by molar-refractivity contribution is 5.70. The van der Waals surface area contributed by atoms with Crippen molar-refractivity contribution in [2.24, 2.45) is 0 Å². The molecule has 1 aromatic rings. The third-order valence-corrected chi connectivity index (χ3v) is 2.68. The molecule has 0 aliphatic rings. The Morgan fingerprint density at radius 1 is 1.10 bits per heavy atom. The van der Waals surface area contributed by atoms with E-state index in [-0.39, 0.29) is 11.9 Å². The van der Waals surface area contributed by atoms with E-state index in [0.29, 0.717) is 32.7 Å². The van der Waals surface area contributed by atoms with Crippen LogP contribution in [0.2, 0.25) is 0 Å². The second kappa shape index (κ2) is 8.96. The van der Waals surface area contributed by atoms with Crippen LogP contribution in [0.4, 0.5) is 5.69 Å². The third kappa shape index (κ3) is 6.22. The number of ether oxygens (including phenoxy) is 2. The Bertz CT molecular complexity index is 419. The maximum atomic E-state index is 11.4. The molecule has 0 bridgehead atoms. The molecular formula is C15H21NO4. The molecule has 1 rings (SSSR count). The summed E-state index contributed by atoms with van der Waals surface area (Å²) >= 11 is 0. The van der Waals surface area contributed by atoms with Gasteiger partial charge in [0.05, 0.1) is 19.6 Å². The molecule has 0 atom stereocenters. The van der Waals surface area contributed by atoms with Gasteiger partial charge in [-0.25, -0.2) is 0 Å². The Labute approximate surface area is 119 Å². The number of nitrogens with zero attached hydrogens (tertiary/aromatic N) is 1. The Morgan fingerprint density at radius 2 is 1.80 bits per heavy atom. The highest BCUT2D eigenvalue weighted by Gasteiger charge is 2.10. The summed E-state index contributed by atoms with van der Waals surface area (Å²) in [4.78, 5) is 24.2. The standard InChI is InChI=1S/C15H21NO4/c1-3-19-15(18)9-10-16(11-12-20-13(2)17)14-7-5-4-6-8-14/h4-8H,3,9-12H2,1-2H3. The molecular weight excluding hydrogens is 258 g/mol. The van der Waals surface area contributed by atoms with Crippen LogP contribution in [-0.2, 0) is 19.1 Å². The quantitative estimate of drug-likeness (QED) is 0.681. The minimum atomic E-state index is -0.302. The highest BCUT2D eigenvalue weighted by Crippen LogP contribution is 2.13. The van der Waals surface area contributed by atoms with Crippen LogP contribution in [0.5, 0.6) is 0 Å². The predicted molar refractivity (Wildman–Crippen MR) is 76.5 cm³/mol. The van der Waals surface area contributed by atoms with E-state index in [2.05, 4.69) is 0 Å². The number of benzene rings is 1. The lowest BCUT2D eigenvalue weighted by atomic mass is 10.2. The second-order valence-corrected chi connectivity index (χ2v) is 4.22. The zero-order valence-electron chi connectivity index (χ0n) is 12.0. The molecule has 0 heterocycles. The van der Waals surface area contributed by atoms with Gasteiger partial charge in [0.1, 0.15) is 6.61 Å². The van der Waals surface area contributed by atoms with Crippen LogP contribution in [-0.4, -0.2) is 38.2 Å². The first-order chi connectivity index (χ1) is 9.63. The van der Waals surface area contributed by atoms with Crippen LogP contribution in [0.3, 0.4) is 0 Å². The van der Waals surface area contributed by atoms with Crippen molar-refractivity contribution in [2.45, 2.75) is 20.3 Å². The number of para-hydroxylation sites is 1. The van der Waals surface area contributed by atoms with Crippen molar-refractivity contribution in [3.05, 3.63) is 30.3 Å². The van der Waals surface area contributed by atoms with E-state index in [4.69, 9.17) is 9.47 Å². The Kier molecular flexibility index (Phi) is 7.17. The maximum Gasteiger partial charge on any atom is 0.307 e. The summed E-state index contributed by atoms with van der Waals surface area (Å²) in [5, 5.41) is 0. The summed E-state index contributed by atoms with van der Waals surface area (Å²) in [6, 6.07) is 9.70. The van der Waals surface area contributed by atoms with Gasteiger partial charge in [0, 0.05) is 19.2 Å². The molecule has 1 aromatic carbocycles. The van der Waals surface area contributed by atoms with E-state index < -0.39 is 0 Å². The fraction of sp³-hybridized carbons (Fsp3) is 0.467. The molecule has 5 heteroatoms. The van der Waals surface area contributed by atoms with Crippen molar-refractivity contribution >= 4 is 17.6 Å². The monoisotopic (exact) mass is 279 g/mol. The van der Waals surface area contributed by atoms with Crippen molar-refractivity contribution in [3.63, 3.8) is 0 Å². The molecule has 0 saturated heterocycles. The summed E-state index contributed by atoms with van der Waals surface area (Å²) < 4.78 is 9.87. The van der Waals surface area contributed by atoms with E-state index >= 15 is 0 Å². The second-order valence-electron chi connectivity index (χ2n) is 4.22. The van der Waals surface area contributed by atoms with Crippen LogP contribution in [0.15, 0.2) is 30.3 Å². The minimum absolute atomic E-state index is 0.221. The summed E-state index contributed by atoms with van der Waals surface area (Å²) in [7, 11) is 0. The lowest BCUT2D eigenvalue weighted by Crippen LogP contribution is -2.30. The zero-order chi connectivity index (χ0) is 14.8. The fourth-order valence-electron chi connectivity index (χ4n) is 1.77. The van der Waals surface area contributed by atoms with Crippen LogP contribution in [0.25, 0.3) is 0 Å². The molecule has 0 radical (unpaired) electrons. The van der Waals surface area contributed by atoms with E-state index in [1.807, 2.05) is 35.2 Å². The van der Waals surface area contributed by atoms with Gasteiger partial charge in [-0.05, 0) is 19.1 Å². The van der Waals surface area contributed by atoms with E-state index in [9.17, 15) is 9.59 Å². The van der Waals surface area contributed by atoms with E-state index in [1.54, 1.807) is 6.92 Å². The summed E-state index contributed by atoms with van der Waals surface area (Å²) in [5.74, 6) is -0.524. The first-order valence-corrected chi connectivity index (χ1v) is 6.72. The summed E-state index contributed by atoms with van der Waals surface area (Å²) in [6.07, 6.45) is 0.308. The zero-order valence-corrected chi connectivity index (χ0v) is 12.0. The molecule has 0 aromatic heterocycles. The molecule has 0 unspecified atom stereocenters. The van der Waals surface area contributed by atoms with Gasteiger partial charge in [-0.2, -0.15) is 0 Å². The Balaban J connectivity index is 2.55. The van der Waals surface area contributed by atoms with Crippen LogP contribution < -0.4 is 4.90 Å². The number of anilines is 1. The molecule has 20 heavy (non-hydrogen) atoms. The SMILES string of the molecule is CCOC(=O)CCN(CCOC(C)=O)c1ccccc1. The van der Waals surface area contributed by atoms with Crippen LogP contribution >= 0.6 is 0 Å². The Hall–Kier alpha value is -2.04. The van der Waals surface area contributed by atoms with Gasteiger partial charge >= 0.3 is 11.9 Å². The molecule has 0 spiro atoms. The summed E-state index contributed by atoms with van der Waals surface area (Å²) in [5.41, 5.74) is 0.990. The number of rotatable bonds is 8. The average Bonchev–Trinajstić information content (AvgIpc) is 2.43. The fourth-order valence-corrected chi connectivity index (χ4v) is 1.77. The van der Waals surface area contributed by atoms with Crippen molar-refractivity contribution < 1.29 is 19.1 Å². The third-order valence-electron chi connectivity index (χ3n) is 2.68. The topological polar surface area (TPSA) is 55.8 Å². The molecule has 110 valence electrons. The molecule has 5 nitrogen and oxygen atoms in total. The normalized spacial score (nSPS) is 9.90. The number of hydrogen-bond acceptors (Lipinski definition) is 5. The first kappa shape index (κ1) is 16.0. The summed E-state index contributed by atoms with van der Waals surface area (Å²) in [6.45, 7) is 4.93. The Morgan fingerprint density at radius 3 is 2.40 bits per heavy atom. The smallest absolute Gasteiger partial charge is 0.307 e. The van der Waals surface area contributed by atoms with Crippen molar-refractivity contribution in [1.82, 2.24) is 0 Å². The van der Waals surface area contributed by atoms with Gasteiger partial charge in [-0.3, -0.25) is 9.59 Å². The number of hydrogen-bond donors (Lipinski definition) is 0. The lowest BCUT2D eigenvalue weighted by Gasteiger charge is -2.24. The van der Waals surface area contributed by atoms with Crippen molar-refractivity contribution in [2.75, 3.05) is 31.2 Å². The largest absolute Gasteiger partial charge is 0.466 e. The van der Waals surface area contributed by atoms with Crippen molar-refractivity contribution in [1.29, 1.82) is 0 Å². The molecule has 0 amide bonds. The number of esters is 2. The molecule has 0 N–H and O–H groups in total. The van der Waals surface area contributed by atoms with Gasteiger partial charge in [0.2, 0.25) is 0 Å². The lowest BCUT2D eigenvalue weighted by molar-refractivity contribution is -0.143. The van der Waals surface area contributed by atoms with Crippen molar-refractivity contribution in [3.8, 4) is 0 Å². The van der Waals surface area contributed by atoms with E-state index in [1.165, 1.54) is 6.92 Å². The van der Waals surface area contributed by atoms with Crippen LogP contribution in [0, 0.1) is 0 Å². The van der Waals surface area contributed by atoms with Gasteiger partial charge < -0.3 is 14.4 Å². The van der Waals surface area contributed by atoms with Gasteiger partial charge in [0.15, 0.2) is 0 Å². The number of carbonyl (C=O) groups excluding carboxylic acids is 2. The molecule has 0 saturated carbocycles. The van der Waals surface area contributed by atoms with Gasteiger partial charge in [-0.15, -0.1) is 0 Å². The average molecular weight is 279 g/mol. The van der Waals surface area contributed by atoms with Gasteiger partial charge in [0.25, 0.3) is 0 Å². The van der Waals surface area contributed by atoms with Crippen LogP contribution in [0.1, 0.15) is 20.3 Å². The first-order valence-electron chi connectivity index (χ1n) is 6.72. The maximum absolute atomic E-state index is 11.4. The highest BCUT2D eigenvalue weighted by atomic mass is 16.5. The minimum Gasteiger partial charge on any atom is -0.466 e.